The first kappa shape index (κ1) is 28.5. The van der Waals surface area contributed by atoms with Crippen LogP contribution < -0.4 is 4.74 Å². The Morgan fingerprint density at radius 2 is 2.03 bits per heavy atom. The maximum absolute atomic E-state index is 14.1. The van der Waals surface area contributed by atoms with Crippen LogP contribution in [0.5, 0.6) is 5.75 Å². The molecule has 4 rings (SSSR count). The van der Waals surface area contributed by atoms with Crippen molar-refractivity contribution in [3.05, 3.63) is 58.2 Å². The summed E-state index contributed by atoms with van der Waals surface area (Å²) in [5.41, 5.74) is 4.69. The fourth-order valence-electron chi connectivity index (χ4n) is 5.51. The number of methoxy groups -OCH3 is 1. The standard InChI is InChI=1S/C30H41FN2O5/c1-20(2)38-19-21-11-12-22(31)16-26(21)29(30(34)35)33-14-13-24(18-33)37-15-7-6-8-23-17-28(36-3)25-9-4-5-10-27(25)32-23/h11-12,16-17,20,24,29H,4-10,13-15,18-19H2,1-3H3,(H,34,35)/t24-,29?/m1/s1. The average Bonchev–Trinajstić information content (AvgIpc) is 3.35. The number of carbonyl (C=O) groups is 1. The lowest BCUT2D eigenvalue weighted by Gasteiger charge is -2.26. The summed E-state index contributed by atoms with van der Waals surface area (Å²) in [7, 11) is 1.73. The number of aromatic nitrogens is 1. The fraction of sp³-hybridized carbons (Fsp3) is 0.600. The molecule has 2 aromatic rings. The van der Waals surface area contributed by atoms with Crippen LogP contribution in [-0.2, 0) is 40.1 Å². The van der Waals surface area contributed by atoms with Gasteiger partial charge in [0.1, 0.15) is 17.6 Å². The molecule has 7 nitrogen and oxygen atoms in total. The number of carboxylic acid groups (broad SMARTS) is 1. The summed E-state index contributed by atoms with van der Waals surface area (Å²) < 4.78 is 31.6. The number of hydrogen-bond acceptors (Lipinski definition) is 6. The van der Waals surface area contributed by atoms with Crippen LogP contribution in [0.2, 0.25) is 0 Å². The van der Waals surface area contributed by atoms with Crippen molar-refractivity contribution in [3.8, 4) is 5.75 Å². The lowest BCUT2D eigenvalue weighted by Crippen LogP contribution is -2.34. The van der Waals surface area contributed by atoms with Gasteiger partial charge in [0.15, 0.2) is 0 Å². The van der Waals surface area contributed by atoms with Gasteiger partial charge < -0.3 is 19.3 Å². The van der Waals surface area contributed by atoms with Gasteiger partial charge in [-0.25, -0.2) is 4.39 Å². The molecule has 2 aliphatic rings. The molecule has 0 radical (unpaired) electrons. The number of aliphatic carboxylic acids is 1. The lowest BCUT2D eigenvalue weighted by molar-refractivity contribution is -0.143. The van der Waals surface area contributed by atoms with Crippen molar-refractivity contribution in [3.63, 3.8) is 0 Å². The van der Waals surface area contributed by atoms with Crippen molar-refractivity contribution in [1.82, 2.24) is 9.88 Å². The molecule has 1 aliphatic carbocycles. The minimum Gasteiger partial charge on any atom is -0.496 e. The van der Waals surface area contributed by atoms with E-state index in [2.05, 4.69) is 6.07 Å². The van der Waals surface area contributed by atoms with Gasteiger partial charge >= 0.3 is 5.97 Å². The summed E-state index contributed by atoms with van der Waals surface area (Å²) in [6.45, 7) is 5.78. The summed E-state index contributed by atoms with van der Waals surface area (Å²) in [5, 5.41) is 10.1. The zero-order chi connectivity index (χ0) is 27.1. The molecule has 0 spiro atoms. The first-order valence-electron chi connectivity index (χ1n) is 13.9. The predicted molar refractivity (Wildman–Crippen MR) is 143 cm³/mol. The van der Waals surface area contributed by atoms with Crippen molar-refractivity contribution in [2.24, 2.45) is 0 Å². The number of benzene rings is 1. The molecule has 0 amide bonds. The number of rotatable bonds is 13. The number of nitrogens with zero attached hydrogens (tertiary/aromatic N) is 2. The molecule has 0 saturated carbocycles. The maximum Gasteiger partial charge on any atom is 0.325 e. The molecule has 208 valence electrons. The molecular formula is C30H41FN2O5. The molecular weight excluding hydrogens is 487 g/mol. The Bertz CT molecular complexity index is 1080. The van der Waals surface area contributed by atoms with Crippen LogP contribution in [0, 0.1) is 5.82 Å². The summed E-state index contributed by atoms with van der Waals surface area (Å²) in [6, 6.07) is 5.46. The second-order valence-electron chi connectivity index (χ2n) is 10.6. The van der Waals surface area contributed by atoms with Gasteiger partial charge in [-0.2, -0.15) is 0 Å². The molecule has 38 heavy (non-hydrogen) atoms. The Labute approximate surface area is 225 Å². The first-order valence-corrected chi connectivity index (χ1v) is 13.9. The molecule has 1 fully saturated rings. The highest BCUT2D eigenvalue weighted by molar-refractivity contribution is 5.76. The number of ether oxygens (including phenoxy) is 3. The number of pyridine rings is 1. The normalized spacial score (nSPS) is 18.5. The van der Waals surface area contributed by atoms with E-state index in [1.54, 1.807) is 13.2 Å². The summed E-state index contributed by atoms with van der Waals surface area (Å²) >= 11 is 0. The number of aryl methyl sites for hydroxylation is 2. The molecule has 2 atom stereocenters. The molecule has 1 aliphatic heterocycles. The molecule has 1 aromatic heterocycles. The summed E-state index contributed by atoms with van der Waals surface area (Å²) in [5.74, 6) is -0.468. The van der Waals surface area contributed by atoms with E-state index in [0.717, 1.165) is 50.0 Å². The number of carboxylic acids is 1. The lowest BCUT2D eigenvalue weighted by atomic mass is 9.94. The third kappa shape index (κ3) is 7.30. The highest BCUT2D eigenvalue weighted by Crippen LogP contribution is 2.31. The van der Waals surface area contributed by atoms with E-state index in [4.69, 9.17) is 19.2 Å². The minimum absolute atomic E-state index is 0.00852. The van der Waals surface area contributed by atoms with Crippen molar-refractivity contribution in [1.29, 1.82) is 0 Å². The number of likely N-dealkylation sites (tertiary alicyclic amines) is 1. The number of hydrogen-bond donors (Lipinski definition) is 1. The summed E-state index contributed by atoms with van der Waals surface area (Å²) in [4.78, 5) is 19.1. The average molecular weight is 529 g/mol. The van der Waals surface area contributed by atoms with Gasteiger partial charge in [-0.3, -0.25) is 14.7 Å². The van der Waals surface area contributed by atoms with Gasteiger partial charge in [-0.05, 0) is 88.5 Å². The zero-order valence-electron chi connectivity index (χ0n) is 22.9. The van der Waals surface area contributed by atoms with Crippen LogP contribution in [0.1, 0.15) is 80.1 Å². The number of unbranched alkanes of at least 4 members (excludes halogenated alkanes) is 1. The number of fused-ring (bicyclic) bond motifs is 1. The first-order chi connectivity index (χ1) is 18.4. The van der Waals surface area contributed by atoms with Crippen molar-refractivity contribution in [2.75, 3.05) is 26.8 Å². The monoisotopic (exact) mass is 528 g/mol. The highest BCUT2D eigenvalue weighted by atomic mass is 19.1. The van der Waals surface area contributed by atoms with Crippen molar-refractivity contribution < 1.29 is 28.5 Å². The van der Waals surface area contributed by atoms with E-state index in [1.165, 1.54) is 36.2 Å². The largest absolute Gasteiger partial charge is 0.496 e. The maximum atomic E-state index is 14.1. The SMILES string of the molecule is COc1cc(CCCCO[C@@H]2CCN(C(C(=O)O)c3cc(F)ccc3COC(C)C)C2)nc2c1CCCC2. The Kier molecular flexibility index (Phi) is 10.1. The van der Waals surface area contributed by atoms with Crippen LogP contribution in [0.15, 0.2) is 24.3 Å². The van der Waals surface area contributed by atoms with E-state index in [-0.39, 0.29) is 18.8 Å². The van der Waals surface area contributed by atoms with E-state index < -0.39 is 17.8 Å². The van der Waals surface area contributed by atoms with E-state index >= 15 is 0 Å². The highest BCUT2D eigenvalue weighted by Gasteiger charge is 2.35. The quantitative estimate of drug-likeness (QED) is 0.355. The van der Waals surface area contributed by atoms with Crippen LogP contribution in [0.3, 0.4) is 0 Å². The minimum atomic E-state index is -0.991. The van der Waals surface area contributed by atoms with Crippen molar-refractivity contribution in [2.45, 2.75) is 90.1 Å². The molecule has 1 N–H and O–H groups in total. The molecule has 0 bridgehead atoms. The topological polar surface area (TPSA) is 81.1 Å². The van der Waals surface area contributed by atoms with Crippen LogP contribution in [-0.4, -0.2) is 60.0 Å². The second kappa shape index (κ2) is 13.5. The predicted octanol–water partition coefficient (Wildman–Crippen LogP) is 5.27. The van der Waals surface area contributed by atoms with E-state index in [1.807, 2.05) is 18.7 Å². The van der Waals surface area contributed by atoms with Gasteiger partial charge in [0.2, 0.25) is 0 Å². The third-order valence-corrected chi connectivity index (χ3v) is 7.46. The second-order valence-corrected chi connectivity index (χ2v) is 10.6. The van der Waals surface area contributed by atoms with Crippen LogP contribution >= 0.6 is 0 Å². The van der Waals surface area contributed by atoms with Crippen LogP contribution in [0.25, 0.3) is 0 Å². The fourth-order valence-corrected chi connectivity index (χ4v) is 5.51. The molecule has 1 unspecified atom stereocenters. The van der Waals surface area contributed by atoms with E-state index in [9.17, 15) is 14.3 Å². The Hall–Kier alpha value is -2.55. The van der Waals surface area contributed by atoms with Gasteiger partial charge in [0.25, 0.3) is 0 Å². The molecule has 2 heterocycles. The van der Waals surface area contributed by atoms with Gasteiger partial charge in [0.05, 0.1) is 25.9 Å². The Balaban J connectivity index is 1.28. The molecule has 1 saturated heterocycles. The van der Waals surface area contributed by atoms with Crippen LogP contribution in [0.4, 0.5) is 4.39 Å². The third-order valence-electron chi connectivity index (χ3n) is 7.46. The zero-order valence-corrected chi connectivity index (χ0v) is 22.9. The van der Waals surface area contributed by atoms with Crippen molar-refractivity contribution >= 4 is 5.97 Å². The Morgan fingerprint density at radius 1 is 1.21 bits per heavy atom. The molecule has 8 heteroatoms. The Morgan fingerprint density at radius 3 is 2.79 bits per heavy atom. The van der Waals surface area contributed by atoms with Gasteiger partial charge in [-0.1, -0.05) is 6.07 Å². The van der Waals surface area contributed by atoms with E-state index in [0.29, 0.717) is 30.8 Å². The van der Waals surface area contributed by atoms with Gasteiger partial charge in [-0.15, -0.1) is 0 Å². The van der Waals surface area contributed by atoms with Gasteiger partial charge in [0, 0.05) is 42.7 Å². The molecule has 1 aromatic carbocycles. The summed E-state index contributed by atoms with van der Waals surface area (Å²) in [6.07, 6.45) is 7.91. The smallest absolute Gasteiger partial charge is 0.325 e. The number of halogens is 1.